The number of aryl methyl sites for hydroxylation is 2. The first-order chi connectivity index (χ1) is 13.3. The molecule has 0 radical (unpaired) electrons. The smallest absolute Gasteiger partial charge is 0.0240 e. The van der Waals surface area contributed by atoms with Gasteiger partial charge in [0.15, 0.2) is 0 Å². The van der Waals surface area contributed by atoms with Crippen LogP contribution in [0.15, 0.2) is 48.5 Å². The zero-order valence-corrected chi connectivity index (χ0v) is 19.4. The van der Waals surface area contributed by atoms with E-state index in [1.165, 1.54) is 70.1 Å². The number of hydrogen-bond acceptors (Lipinski definition) is 0. The zero-order valence-electron chi connectivity index (χ0n) is 17.4. The van der Waals surface area contributed by atoms with Gasteiger partial charge in [0.25, 0.3) is 0 Å². The third-order valence-corrected chi connectivity index (χ3v) is 8.06. The first kappa shape index (κ1) is 22.6. The van der Waals surface area contributed by atoms with Crippen LogP contribution < -0.4 is 10.6 Å². The topological polar surface area (TPSA) is 0 Å². The summed E-state index contributed by atoms with van der Waals surface area (Å²) in [6, 6.07) is 18.3. The summed E-state index contributed by atoms with van der Waals surface area (Å²) >= 11 is 0. The third-order valence-electron chi connectivity index (χ3n) is 5.12. The molecule has 0 fully saturated rings. The highest BCUT2D eigenvalue weighted by molar-refractivity contribution is 7.48. The molecule has 27 heavy (non-hydrogen) atoms. The molecule has 0 saturated carbocycles. The zero-order chi connectivity index (χ0) is 19.2. The summed E-state index contributed by atoms with van der Waals surface area (Å²) in [6.07, 6.45) is 14.6. The van der Waals surface area contributed by atoms with Gasteiger partial charge in [-0.2, -0.15) is 0 Å². The Morgan fingerprint density at radius 2 is 1.00 bits per heavy atom. The Hall–Kier alpha value is -0.700. The molecule has 2 aromatic carbocycles. The lowest BCUT2D eigenvalue weighted by Crippen LogP contribution is -2.06. The quantitative estimate of drug-likeness (QED) is 0.240. The Morgan fingerprint density at radius 3 is 1.44 bits per heavy atom. The van der Waals surface area contributed by atoms with E-state index in [0.717, 1.165) is 17.2 Å². The summed E-state index contributed by atoms with van der Waals surface area (Å²) in [7, 11) is 1.97. The highest BCUT2D eigenvalue weighted by atomic mass is 31.1. The van der Waals surface area contributed by atoms with Gasteiger partial charge in [-0.1, -0.05) is 105 Å². The molecule has 2 unspecified atom stereocenters. The van der Waals surface area contributed by atoms with Crippen molar-refractivity contribution in [2.45, 2.75) is 71.6 Å². The van der Waals surface area contributed by atoms with E-state index < -0.39 is 0 Å². The van der Waals surface area contributed by atoms with Crippen LogP contribution in [-0.2, 0) is 12.8 Å². The van der Waals surface area contributed by atoms with E-state index in [4.69, 9.17) is 0 Å². The SMILES string of the molecule is CCCCCc1ccccc1PCCCPc1ccccc1CCCCC. The van der Waals surface area contributed by atoms with Crippen LogP contribution >= 0.6 is 17.2 Å². The van der Waals surface area contributed by atoms with E-state index in [2.05, 4.69) is 62.4 Å². The van der Waals surface area contributed by atoms with Gasteiger partial charge in [0.05, 0.1) is 0 Å². The van der Waals surface area contributed by atoms with E-state index >= 15 is 0 Å². The average molecular weight is 401 g/mol. The average Bonchev–Trinajstić information content (AvgIpc) is 2.70. The van der Waals surface area contributed by atoms with Crippen LogP contribution in [0.5, 0.6) is 0 Å². The molecular formula is C25H38P2. The molecule has 0 bridgehead atoms. The predicted octanol–water partition coefficient (Wildman–Crippen LogP) is 6.85. The Morgan fingerprint density at radius 1 is 0.556 bits per heavy atom. The summed E-state index contributed by atoms with van der Waals surface area (Å²) in [5.74, 6) is 0. The molecule has 0 aliphatic rings. The van der Waals surface area contributed by atoms with Gasteiger partial charge < -0.3 is 0 Å². The van der Waals surface area contributed by atoms with Crippen molar-refractivity contribution in [2.24, 2.45) is 0 Å². The molecular weight excluding hydrogens is 362 g/mol. The molecule has 0 heterocycles. The first-order valence-corrected chi connectivity index (χ1v) is 13.4. The van der Waals surface area contributed by atoms with Crippen LogP contribution in [0, 0.1) is 0 Å². The number of hydrogen-bond donors (Lipinski definition) is 0. The predicted molar refractivity (Wildman–Crippen MR) is 130 cm³/mol. The molecule has 0 spiro atoms. The van der Waals surface area contributed by atoms with Gasteiger partial charge in [0.1, 0.15) is 0 Å². The molecule has 0 saturated heterocycles. The second-order valence-corrected chi connectivity index (χ2v) is 10.2. The molecule has 2 heteroatoms. The standard InChI is InChI=1S/C25H38P2/c1-3-5-7-14-22-16-9-11-18-24(22)26-20-13-21-27-25-19-12-10-17-23(25)15-8-6-4-2/h9-12,16-19,26-27H,3-8,13-15,20-21H2,1-2H3. The summed E-state index contributed by atoms with van der Waals surface area (Å²) in [4.78, 5) is 0. The van der Waals surface area contributed by atoms with Crippen LogP contribution in [0.2, 0.25) is 0 Å². The molecule has 0 aliphatic carbocycles. The second-order valence-electron chi connectivity index (χ2n) is 7.44. The van der Waals surface area contributed by atoms with Crippen LogP contribution in [-0.4, -0.2) is 12.3 Å². The lowest BCUT2D eigenvalue weighted by atomic mass is 10.1. The summed E-state index contributed by atoms with van der Waals surface area (Å²) < 4.78 is 0. The van der Waals surface area contributed by atoms with Gasteiger partial charge in [-0.05, 0) is 66.2 Å². The molecule has 148 valence electrons. The lowest BCUT2D eigenvalue weighted by Gasteiger charge is -2.11. The highest BCUT2D eigenvalue weighted by Crippen LogP contribution is 2.21. The molecule has 0 nitrogen and oxygen atoms in total. The van der Waals surface area contributed by atoms with E-state index in [0.29, 0.717) is 0 Å². The van der Waals surface area contributed by atoms with E-state index in [1.54, 1.807) is 21.7 Å². The van der Waals surface area contributed by atoms with Crippen LogP contribution in [0.1, 0.15) is 69.9 Å². The highest BCUT2D eigenvalue weighted by Gasteiger charge is 2.04. The maximum atomic E-state index is 2.37. The minimum absolute atomic E-state index is 0.985. The minimum Gasteiger partial charge on any atom is -0.0901 e. The number of rotatable bonds is 14. The fourth-order valence-corrected chi connectivity index (χ4v) is 6.39. The Balaban J connectivity index is 1.73. The molecule has 0 aliphatic heterocycles. The fraction of sp³-hybridized carbons (Fsp3) is 0.520. The molecule has 2 atom stereocenters. The summed E-state index contributed by atoms with van der Waals surface area (Å²) in [5.41, 5.74) is 3.21. The van der Waals surface area contributed by atoms with Crippen LogP contribution in [0.3, 0.4) is 0 Å². The lowest BCUT2D eigenvalue weighted by molar-refractivity contribution is 0.719. The van der Waals surface area contributed by atoms with Crippen molar-refractivity contribution in [1.29, 1.82) is 0 Å². The van der Waals surface area contributed by atoms with Crippen LogP contribution in [0.4, 0.5) is 0 Å². The molecule has 2 aromatic rings. The van der Waals surface area contributed by atoms with Crippen molar-refractivity contribution in [2.75, 3.05) is 12.3 Å². The fourth-order valence-electron chi connectivity index (χ4n) is 3.49. The summed E-state index contributed by atoms with van der Waals surface area (Å²) in [5, 5.41) is 3.24. The largest absolute Gasteiger partial charge is 0.0901 e. The van der Waals surface area contributed by atoms with Crippen molar-refractivity contribution in [3.63, 3.8) is 0 Å². The van der Waals surface area contributed by atoms with Crippen molar-refractivity contribution in [3.05, 3.63) is 59.7 Å². The van der Waals surface area contributed by atoms with Crippen molar-refractivity contribution < 1.29 is 0 Å². The van der Waals surface area contributed by atoms with E-state index in [9.17, 15) is 0 Å². The molecule has 2 rings (SSSR count). The van der Waals surface area contributed by atoms with Gasteiger partial charge in [-0.15, -0.1) is 0 Å². The van der Waals surface area contributed by atoms with Crippen LogP contribution in [0.25, 0.3) is 0 Å². The second kappa shape index (κ2) is 14.3. The monoisotopic (exact) mass is 400 g/mol. The Kier molecular flexibility index (Phi) is 12.0. The van der Waals surface area contributed by atoms with E-state index in [1.807, 2.05) is 0 Å². The molecule has 0 N–H and O–H groups in total. The van der Waals surface area contributed by atoms with Gasteiger partial charge in [0.2, 0.25) is 0 Å². The van der Waals surface area contributed by atoms with Gasteiger partial charge in [-0.25, -0.2) is 0 Å². The van der Waals surface area contributed by atoms with Crippen molar-refractivity contribution in [3.8, 4) is 0 Å². The third kappa shape index (κ3) is 8.89. The number of benzene rings is 2. The summed E-state index contributed by atoms with van der Waals surface area (Å²) in [6.45, 7) is 4.58. The first-order valence-electron chi connectivity index (χ1n) is 11.0. The van der Waals surface area contributed by atoms with Gasteiger partial charge in [0, 0.05) is 0 Å². The van der Waals surface area contributed by atoms with Gasteiger partial charge in [-0.3, -0.25) is 0 Å². The Bertz CT molecular complexity index is 580. The van der Waals surface area contributed by atoms with Crippen molar-refractivity contribution >= 4 is 27.8 Å². The van der Waals surface area contributed by atoms with E-state index in [-0.39, 0.29) is 0 Å². The molecule has 0 amide bonds. The maximum Gasteiger partial charge on any atom is -0.0240 e. The molecule has 0 aromatic heterocycles. The normalized spacial score (nSPS) is 11.9. The minimum atomic E-state index is 0.985. The Labute approximate surface area is 171 Å². The van der Waals surface area contributed by atoms with Gasteiger partial charge >= 0.3 is 0 Å². The number of unbranched alkanes of at least 4 members (excludes halogenated alkanes) is 4. The maximum absolute atomic E-state index is 2.37. The van der Waals surface area contributed by atoms with Crippen molar-refractivity contribution in [1.82, 2.24) is 0 Å².